The summed E-state index contributed by atoms with van der Waals surface area (Å²) >= 11 is -1.71. The first-order chi connectivity index (χ1) is 20.4. The second-order valence-electron chi connectivity index (χ2n) is 14.2. The zero-order valence-corrected chi connectivity index (χ0v) is 29.2. The lowest BCUT2D eigenvalue weighted by atomic mass is 10.0. The van der Waals surface area contributed by atoms with Crippen molar-refractivity contribution in [2.75, 3.05) is 26.3 Å². The second kappa shape index (κ2) is 13.6. The van der Waals surface area contributed by atoms with E-state index in [9.17, 15) is 31.3 Å². The molecule has 2 N–H and O–H groups in total. The topological polar surface area (TPSA) is 104 Å². The van der Waals surface area contributed by atoms with Gasteiger partial charge in [0.05, 0.1) is 36.8 Å². The van der Waals surface area contributed by atoms with Crippen LogP contribution in [-0.4, -0.2) is 81.9 Å². The summed E-state index contributed by atoms with van der Waals surface area (Å²) in [5.74, 6) is -2.86. The van der Waals surface area contributed by atoms with Crippen molar-refractivity contribution in [3.05, 3.63) is 29.6 Å². The quantitative estimate of drug-likeness (QED) is 0.108. The van der Waals surface area contributed by atoms with E-state index in [-0.39, 0.29) is 12.6 Å². The van der Waals surface area contributed by atoms with Crippen LogP contribution in [0, 0.1) is 0 Å². The molecule has 2 aromatic rings. The molecule has 9 nitrogen and oxygen atoms in total. The van der Waals surface area contributed by atoms with Gasteiger partial charge in [-0.2, -0.15) is 13.2 Å². The molecule has 1 saturated heterocycles. The SMILES string of the molecule is C[C@H](c1ccc2c(c1)nc([C@H](COC(C)(C)C(F)(F)F)N[S+]([O-])C(C)(C)C)n2COCC[Si](C)(C)C)N1CC(F)(F)CNC1=O. The van der Waals surface area contributed by atoms with Gasteiger partial charge in [-0.05, 0) is 65.3 Å². The van der Waals surface area contributed by atoms with Crippen molar-refractivity contribution < 1.29 is 40.8 Å². The minimum atomic E-state index is -4.66. The molecule has 1 aromatic heterocycles. The van der Waals surface area contributed by atoms with Crippen LogP contribution in [0.15, 0.2) is 18.2 Å². The van der Waals surface area contributed by atoms with Gasteiger partial charge in [0.25, 0.3) is 5.92 Å². The third-order valence-electron chi connectivity index (χ3n) is 7.54. The smallest absolute Gasteiger partial charge is 0.416 e. The summed E-state index contributed by atoms with van der Waals surface area (Å²) in [6.07, 6.45) is -4.66. The molecule has 3 rings (SSSR count). The maximum absolute atomic E-state index is 14.1. The first-order valence-corrected chi connectivity index (χ1v) is 19.7. The van der Waals surface area contributed by atoms with Gasteiger partial charge in [0.2, 0.25) is 0 Å². The van der Waals surface area contributed by atoms with E-state index in [4.69, 9.17) is 14.5 Å². The lowest BCUT2D eigenvalue weighted by Gasteiger charge is -2.37. The molecule has 45 heavy (non-hydrogen) atoms. The predicted octanol–water partition coefficient (Wildman–Crippen LogP) is 6.52. The number of carbonyl (C=O) groups excluding carboxylic acids is 1. The van der Waals surface area contributed by atoms with Crippen LogP contribution in [0.5, 0.6) is 0 Å². The summed E-state index contributed by atoms with van der Waals surface area (Å²) in [6, 6.07) is 3.52. The van der Waals surface area contributed by atoms with Crippen LogP contribution < -0.4 is 10.0 Å². The van der Waals surface area contributed by atoms with Gasteiger partial charge < -0.3 is 28.8 Å². The van der Waals surface area contributed by atoms with E-state index < -0.39 is 79.7 Å². The molecule has 0 saturated carbocycles. The van der Waals surface area contributed by atoms with Crippen molar-refractivity contribution in [2.45, 2.75) is 108 Å². The highest BCUT2D eigenvalue weighted by Crippen LogP contribution is 2.35. The molecule has 16 heteroatoms. The Labute approximate surface area is 265 Å². The molecule has 1 aliphatic heterocycles. The molecule has 2 amide bonds. The highest BCUT2D eigenvalue weighted by molar-refractivity contribution is 7.90. The minimum Gasteiger partial charge on any atom is -0.598 e. The number of urea groups is 1. The molecule has 0 spiro atoms. The number of ether oxygens (including phenoxy) is 2. The van der Waals surface area contributed by atoms with Gasteiger partial charge in [-0.15, -0.1) is 4.72 Å². The summed E-state index contributed by atoms with van der Waals surface area (Å²) in [5, 5.41) is 2.22. The second-order valence-corrected chi connectivity index (χ2v) is 21.8. The van der Waals surface area contributed by atoms with E-state index in [0.29, 0.717) is 23.2 Å². The van der Waals surface area contributed by atoms with Crippen LogP contribution in [0.1, 0.15) is 65.0 Å². The van der Waals surface area contributed by atoms with Gasteiger partial charge in [-0.25, -0.2) is 18.6 Å². The number of hydrogen-bond acceptors (Lipinski definition) is 6. The summed E-state index contributed by atoms with van der Waals surface area (Å²) < 4.78 is 97.9. The fourth-order valence-electron chi connectivity index (χ4n) is 4.38. The number of hydrogen-bond donors (Lipinski definition) is 2. The Morgan fingerprint density at radius 1 is 1.18 bits per heavy atom. The number of alkyl halides is 5. The Kier molecular flexibility index (Phi) is 11.4. The molecular weight excluding hydrogens is 637 g/mol. The standard InChI is InChI=1S/C29H46F5N5O4SSi/c1-19(38-17-28(30,31)16-35-25(38)40)20-10-11-23-21(14-20)36-24(39(23)18-42-12-13-45(7,8)9)22(37-44(41)26(2,3)4)15-43-27(5,6)29(32,33)34/h10-11,14,19,22,37H,12-13,15-18H2,1-9H3,(H,35,40)/t19-,22+,44?/m1/s1. The molecule has 1 fully saturated rings. The van der Waals surface area contributed by atoms with Crippen LogP contribution >= 0.6 is 0 Å². The van der Waals surface area contributed by atoms with Crippen molar-refractivity contribution in [2.24, 2.45) is 0 Å². The zero-order chi connectivity index (χ0) is 34.2. The van der Waals surface area contributed by atoms with Crippen molar-refractivity contribution in [1.82, 2.24) is 24.5 Å². The largest absolute Gasteiger partial charge is 0.598 e. The number of imidazole rings is 1. The van der Waals surface area contributed by atoms with E-state index in [2.05, 4.69) is 29.7 Å². The van der Waals surface area contributed by atoms with Crippen LogP contribution in [0.3, 0.4) is 0 Å². The van der Waals surface area contributed by atoms with E-state index in [1.807, 2.05) is 0 Å². The van der Waals surface area contributed by atoms with Crippen molar-refractivity contribution in [1.29, 1.82) is 0 Å². The molecule has 2 heterocycles. The third kappa shape index (κ3) is 9.76. The van der Waals surface area contributed by atoms with E-state index in [1.165, 1.54) is 0 Å². The number of fused-ring (bicyclic) bond motifs is 1. The number of benzene rings is 1. The summed E-state index contributed by atoms with van der Waals surface area (Å²) in [4.78, 5) is 18.2. The van der Waals surface area contributed by atoms with Crippen molar-refractivity contribution in [3.63, 3.8) is 0 Å². The zero-order valence-electron chi connectivity index (χ0n) is 27.4. The highest BCUT2D eigenvalue weighted by Gasteiger charge is 2.49. The molecule has 0 aliphatic carbocycles. The molecule has 0 bridgehead atoms. The molecule has 1 aliphatic rings. The Bertz CT molecular complexity index is 1330. The lowest BCUT2D eigenvalue weighted by Crippen LogP contribution is -2.57. The average Bonchev–Trinajstić information content (AvgIpc) is 3.25. The molecule has 0 radical (unpaired) electrons. The van der Waals surface area contributed by atoms with Gasteiger partial charge in [0, 0.05) is 26.0 Å². The minimum absolute atomic E-state index is 0.00889. The molecule has 256 valence electrons. The molecular formula is C29H46F5N5O4SSi. The molecule has 1 aromatic carbocycles. The summed E-state index contributed by atoms with van der Waals surface area (Å²) in [7, 11) is -1.44. The normalized spacial score (nSPS) is 18.6. The maximum atomic E-state index is 14.1. The van der Waals surface area contributed by atoms with Gasteiger partial charge >= 0.3 is 12.2 Å². The Morgan fingerprint density at radius 2 is 1.82 bits per heavy atom. The molecule has 1 unspecified atom stereocenters. The van der Waals surface area contributed by atoms with Gasteiger partial charge in [-0.1, -0.05) is 25.7 Å². The van der Waals surface area contributed by atoms with Gasteiger partial charge in [0.1, 0.15) is 23.3 Å². The number of nitrogens with zero attached hydrogens (tertiary/aromatic N) is 3. The number of rotatable bonds is 13. The van der Waals surface area contributed by atoms with Crippen molar-refractivity contribution >= 4 is 36.5 Å². The number of nitrogens with one attached hydrogen (secondary N) is 2. The van der Waals surface area contributed by atoms with E-state index in [1.54, 1.807) is 50.5 Å². The van der Waals surface area contributed by atoms with Crippen molar-refractivity contribution in [3.8, 4) is 0 Å². The summed E-state index contributed by atoms with van der Waals surface area (Å²) in [5.41, 5.74) is -1.01. The number of halogens is 5. The van der Waals surface area contributed by atoms with Crippen LogP contribution in [0.2, 0.25) is 25.7 Å². The molecule has 3 atom stereocenters. The van der Waals surface area contributed by atoms with Crippen LogP contribution in [0.25, 0.3) is 11.0 Å². The highest BCUT2D eigenvalue weighted by atomic mass is 32.2. The van der Waals surface area contributed by atoms with Crippen LogP contribution in [-0.2, 0) is 27.6 Å². The van der Waals surface area contributed by atoms with Gasteiger partial charge in [0.15, 0.2) is 5.60 Å². The Hall–Kier alpha value is -1.98. The number of amides is 2. The first kappa shape index (κ1) is 37.5. The van der Waals surface area contributed by atoms with Crippen LogP contribution in [0.4, 0.5) is 26.7 Å². The van der Waals surface area contributed by atoms with Gasteiger partial charge in [-0.3, -0.25) is 0 Å². The lowest BCUT2D eigenvalue weighted by molar-refractivity contribution is -0.265. The third-order valence-corrected chi connectivity index (χ3v) is 10.9. The van der Waals surface area contributed by atoms with E-state index >= 15 is 0 Å². The first-order valence-electron chi connectivity index (χ1n) is 14.8. The summed E-state index contributed by atoms with van der Waals surface area (Å²) in [6.45, 7) is 13.7. The maximum Gasteiger partial charge on any atom is 0.416 e. The fraction of sp³-hybridized carbons (Fsp3) is 0.724. The fourth-order valence-corrected chi connectivity index (χ4v) is 5.92. The predicted molar refractivity (Wildman–Crippen MR) is 167 cm³/mol. The Morgan fingerprint density at radius 3 is 2.40 bits per heavy atom. The van der Waals surface area contributed by atoms with E-state index in [0.717, 1.165) is 24.8 Å². The number of carbonyl (C=O) groups is 1. The monoisotopic (exact) mass is 683 g/mol. The Balaban J connectivity index is 2.07. The average molecular weight is 684 g/mol. The number of aromatic nitrogens is 2.